The minimum absolute atomic E-state index is 0.00726. The molecule has 1 aliphatic carbocycles. The zero-order valence-corrected chi connectivity index (χ0v) is 11.7. The molecule has 0 aromatic heterocycles. The van der Waals surface area contributed by atoms with Gasteiger partial charge in [0.1, 0.15) is 0 Å². The van der Waals surface area contributed by atoms with Gasteiger partial charge in [-0.3, -0.25) is 9.59 Å². The molecule has 0 spiro atoms. The predicted octanol–water partition coefficient (Wildman–Crippen LogP) is 1.81. The number of aliphatic carboxylic acids is 1. The molecular formula is C14H25NO4. The van der Waals surface area contributed by atoms with E-state index in [0.717, 1.165) is 19.4 Å². The van der Waals surface area contributed by atoms with E-state index in [0.29, 0.717) is 38.8 Å². The molecule has 0 atom stereocenters. The summed E-state index contributed by atoms with van der Waals surface area (Å²) in [6, 6.07) is 0. The number of carboxylic acid groups (broad SMARTS) is 1. The minimum Gasteiger partial charge on any atom is -0.481 e. The van der Waals surface area contributed by atoms with Crippen LogP contribution in [0.25, 0.3) is 0 Å². The zero-order chi connectivity index (χ0) is 14.1. The first kappa shape index (κ1) is 16.0. The van der Waals surface area contributed by atoms with Crippen LogP contribution in [0.2, 0.25) is 0 Å². The van der Waals surface area contributed by atoms with E-state index in [9.17, 15) is 9.59 Å². The fourth-order valence-corrected chi connectivity index (χ4v) is 2.38. The number of carbonyl (C=O) groups is 2. The van der Waals surface area contributed by atoms with E-state index < -0.39 is 5.97 Å². The summed E-state index contributed by atoms with van der Waals surface area (Å²) in [4.78, 5) is 22.7. The molecule has 0 aliphatic heterocycles. The third kappa shape index (κ3) is 6.05. The van der Waals surface area contributed by atoms with Crippen LogP contribution < -0.4 is 5.32 Å². The number of hydrogen-bond donors (Lipinski definition) is 2. The molecule has 5 heteroatoms. The Kier molecular flexibility index (Phi) is 7.48. The van der Waals surface area contributed by atoms with E-state index in [1.807, 2.05) is 0 Å². The Bertz CT molecular complexity index is 285. The molecule has 1 amide bonds. The lowest BCUT2D eigenvalue weighted by atomic mass is 9.81. The van der Waals surface area contributed by atoms with Gasteiger partial charge in [0.15, 0.2) is 0 Å². The van der Waals surface area contributed by atoms with Crippen molar-refractivity contribution >= 4 is 11.9 Å². The Balaban J connectivity index is 2.09. The first-order chi connectivity index (χ1) is 9.15. The van der Waals surface area contributed by atoms with Crippen molar-refractivity contribution in [1.82, 2.24) is 5.32 Å². The number of carboxylic acids is 1. The van der Waals surface area contributed by atoms with E-state index in [-0.39, 0.29) is 17.7 Å². The van der Waals surface area contributed by atoms with Gasteiger partial charge in [-0.15, -0.1) is 0 Å². The van der Waals surface area contributed by atoms with Gasteiger partial charge in [-0.25, -0.2) is 0 Å². The third-order valence-electron chi connectivity index (χ3n) is 3.56. The van der Waals surface area contributed by atoms with Gasteiger partial charge in [0.05, 0.1) is 5.92 Å². The van der Waals surface area contributed by atoms with Gasteiger partial charge in [0.2, 0.25) is 5.91 Å². The smallest absolute Gasteiger partial charge is 0.306 e. The lowest BCUT2D eigenvalue weighted by molar-refractivity contribution is -0.144. The molecule has 0 unspecified atom stereocenters. The normalized spacial score (nSPS) is 23.0. The van der Waals surface area contributed by atoms with Crippen LogP contribution in [0.1, 0.15) is 45.4 Å². The second kappa shape index (κ2) is 8.91. The molecule has 0 aromatic carbocycles. The van der Waals surface area contributed by atoms with E-state index in [1.165, 1.54) is 0 Å². The summed E-state index contributed by atoms with van der Waals surface area (Å²) in [5, 5.41) is 11.8. The highest BCUT2D eigenvalue weighted by Crippen LogP contribution is 2.28. The molecule has 0 aromatic rings. The SMILES string of the molecule is CCCOCCCNC(=O)C1CCC(C(=O)O)CC1. The fraction of sp³-hybridized carbons (Fsp3) is 0.857. The Hall–Kier alpha value is -1.10. The van der Waals surface area contributed by atoms with Crippen molar-refractivity contribution in [2.24, 2.45) is 11.8 Å². The molecule has 19 heavy (non-hydrogen) atoms. The summed E-state index contributed by atoms with van der Waals surface area (Å²) < 4.78 is 5.33. The average Bonchev–Trinajstić information content (AvgIpc) is 2.42. The summed E-state index contributed by atoms with van der Waals surface area (Å²) in [6.45, 7) is 4.16. The molecule has 5 nitrogen and oxygen atoms in total. The monoisotopic (exact) mass is 271 g/mol. The molecule has 0 heterocycles. The summed E-state index contributed by atoms with van der Waals surface area (Å²) >= 11 is 0. The molecule has 1 aliphatic rings. The number of nitrogens with one attached hydrogen (secondary N) is 1. The Labute approximate surface area is 114 Å². The highest BCUT2D eigenvalue weighted by atomic mass is 16.5. The van der Waals surface area contributed by atoms with Crippen molar-refractivity contribution < 1.29 is 19.4 Å². The number of rotatable bonds is 8. The van der Waals surface area contributed by atoms with E-state index >= 15 is 0 Å². The van der Waals surface area contributed by atoms with Gasteiger partial charge >= 0.3 is 5.97 Å². The molecule has 110 valence electrons. The summed E-state index contributed by atoms with van der Waals surface area (Å²) in [5.74, 6) is -0.926. The quantitative estimate of drug-likeness (QED) is 0.660. The summed E-state index contributed by atoms with van der Waals surface area (Å²) in [6.07, 6.45) is 4.46. The Morgan fingerprint density at radius 3 is 2.37 bits per heavy atom. The number of amides is 1. The average molecular weight is 271 g/mol. The van der Waals surface area contributed by atoms with Crippen molar-refractivity contribution in [2.75, 3.05) is 19.8 Å². The van der Waals surface area contributed by atoms with Gasteiger partial charge in [-0.05, 0) is 38.5 Å². The first-order valence-corrected chi connectivity index (χ1v) is 7.23. The van der Waals surface area contributed by atoms with Crippen LogP contribution in [-0.4, -0.2) is 36.7 Å². The van der Waals surface area contributed by atoms with Crippen LogP contribution in [0.15, 0.2) is 0 Å². The number of hydrogen-bond acceptors (Lipinski definition) is 3. The molecule has 1 rings (SSSR count). The maximum absolute atomic E-state index is 11.9. The standard InChI is InChI=1S/C14H25NO4/c1-2-9-19-10-3-8-15-13(16)11-4-6-12(7-5-11)14(17)18/h11-12H,2-10H2,1H3,(H,15,16)(H,17,18). The van der Waals surface area contributed by atoms with Gasteiger partial charge < -0.3 is 15.2 Å². The number of ether oxygens (including phenoxy) is 1. The van der Waals surface area contributed by atoms with Gasteiger partial charge in [-0.2, -0.15) is 0 Å². The minimum atomic E-state index is -0.730. The van der Waals surface area contributed by atoms with Crippen molar-refractivity contribution in [2.45, 2.75) is 45.4 Å². The highest BCUT2D eigenvalue weighted by molar-refractivity contribution is 5.79. The lowest BCUT2D eigenvalue weighted by Crippen LogP contribution is -2.35. The first-order valence-electron chi connectivity index (χ1n) is 7.23. The summed E-state index contributed by atoms with van der Waals surface area (Å²) in [7, 11) is 0. The second-order valence-electron chi connectivity index (χ2n) is 5.14. The highest BCUT2D eigenvalue weighted by Gasteiger charge is 2.29. The lowest BCUT2D eigenvalue weighted by Gasteiger charge is -2.25. The maximum Gasteiger partial charge on any atom is 0.306 e. The molecular weight excluding hydrogens is 246 g/mol. The fourth-order valence-electron chi connectivity index (χ4n) is 2.38. The molecule has 1 saturated carbocycles. The van der Waals surface area contributed by atoms with Crippen LogP contribution in [-0.2, 0) is 14.3 Å². The van der Waals surface area contributed by atoms with Crippen molar-refractivity contribution in [1.29, 1.82) is 0 Å². The van der Waals surface area contributed by atoms with Crippen LogP contribution in [0.5, 0.6) is 0 Å². The zero-order valence-electron chi connectivity index (χ0n) is 11.7. The summed E-state index contributed by atoms with van der Waals surface area (Å²) in [5.41, 5.74) is 0. The molecule has 0 saturated heterocycles. The van der Waals surface area contributed by atoms with Gasteiger partial charge in [0, 0.05) is 25.7 Å². The Morgan fingerprint density at radius 2 is 1.79 bits per heavy atom. The topological polar surface area (TPSA) is 75.6 Å². The second-order valence-corrected chi connectivity index (χ2v) is 5.14. The molecule has 0 radical (unpaired) electrons. The van der Waals surface area contributed by atoms with Gasteiger partial charge in [-0.1, -0.05) is 6.92 Å². The molecule has 1 fully saturated rings. The predicted molar refractivity (Wildman–Crippen MR) is 71.8 cm³/mol. The van der Waals surface area contributed by atoms with Crippen molar-refractivity contribution in [3.63, 3.8) is 0 Å². The van der Waals surface area contributed by atoms with Crippen molar-refractivity contribution in [3.05, 3.63) is 0 Å². The Morgan fingerprint density at radius 1 is 1.16 bits per heavy atom. The van der Waals surface area contributed by atoms with E-state index in [4.69, 9.17) is 9.84 Å². The molecule has 2 N–H and O–H groups in total. The van der Waals surface area contributed by atoms with Gasteiger partial charge in [0.25, 0.3) is 0 Å². The van der Waals surface area contributed by atoms with Crippen LogP contribution in [0, 0.1) is 11.8 Å². The van der Waals surface area contributed by atoms with Crippen LogP contribution in [0.3, 0.4) is 0 Å². The van der Waals surface area contributed by atoms with Crippen molar-refractivity contribution in [3.8, 4) is 0 Å². The third-order valence-corrected chi connectivity index (χ3v) is 3.56. The van der Waals surface area contributed by atoms with Crippen LogP contribution in [0.4, 0.5) is 0 Å². The van der Waals surface area contributed by atoms with E-state index in [2.05, 4.69) is 12.2 Å². The maximum atomic E-state index is 11.9. The molecule has 0 bridgehead atoms. The van der Waals surface area contributed by atoms with Crippen LogP contribution >= 0.6 is 0 Å². The number of carbonyl (C=O) groups excluding carboxylic acids is 1. The van der Waals surface area contributed by atoms with E-state index in [1.54, 1.807) is 0 Å². The largest absolute Gasteiger partial charge is 0.481 e.